The van der Waals surface area contributed by atoms with Crippen LogP contribution in [-0.4, -0.2) is 16.5 Å². The number of ketones is 1. The van der Waals surface area contributed by atoms with Crippen molar-refractivity contribution in [2.45, 2.75) is 52.6 Å². The Morgan fingerprint density at radius 3 is 2.71 bits per heavy atom. The molecule has 0 aromatic rings. The first-order chi connectivity index (χ1) is 7.80. The van der Waals surface area contributed by atoms with Crippen molar-refractivity contribution in [3.63, 3.8) is 0 Å². The van der Waals surface area contributed by atoms with E-state index in [1.807, 2.05) is 26.8 Å². The highest BCUT2D eigenvalue weighted by atomic mass is 16.3. The van der Waals surface area contributed by atoms with Crippen molar-refractivity contribution in [3.05, 3.63) is 23.8 Å². The van der Waals surface area contributed by atoms with Crippen molar-refractivity contribution >= 4 is 5.78 Å². The van der Waals surface area contributed by atoms with E-state index < -0.39 is 5.60 Å². The lowest BCUT2D eigenvalue weighted by Gasteiger charge is -2.30. The number of hydrogen-bond donors (Lipinski definition) is 1. The Labute approximate surface area is 104 Å². The molecule has 1 N–H and O–H groups in total. The van der Waals surface area contributed by atoms with Crippen molar-refractivity contribution in [2.75, 3.05) is 0 Å². The van der Waals surface area contributed by atoms with E-state index in [4.69, 9.17) is 0 Å². The molecule has 0 bridgehead atoms. The maximum Gasteiger partial charge on any atom is 0.155 e. The Kier molecular flexibility index (Phi) is 4.70. The SMILES string of the molecule is CC(C)=CC(=O)C[C@H](C)[C@@H]1C=C[C@](C)(O)CC1. The summed E-state index contributed by atoms with van der Waals surface area (Å²) >= 11 is 0. The van der Waals surface area contributed by atoms with E-state index >= 15 is 0 Å². The summed E-state index contributed by atoms with van der Waals surface area (Å²) in [7, 11) is 0. The fraction of sp³-hybridized carbons (Fsp3) is 0.667. The predicted molar refractivity (Wildman–Crippen MR) is 70.7 cm³/mol. The van der Waals surface area contributed by atoms with E-state index in [-0.39, 0.29) is 5.78 Å². The molecule has 0 fully saturated rings. The molecule has 1 rings (SSSR count). The van der Waals surface area contributed by atoms with E-state index in [9.17, 15) is 9.90 Å². The van der Waals surface area contributed by atoms with Gasteiger partial charge in [-0.3, -0.25) is 4.79 Å². The Balaban J connectivity index is 2.53. The van der Waals surface area contributed by atoms with Gasteiger partial charge in [0.2, 0.25) is 0 Å². The molecular weight excluding hydrogens is 212 g/mol. The molecule has 0 saturated carbocycles. The lowest BCUT2D eigenvalue weighted by atomic mass is 9.78. The van der Waals surface area contributed by atoms with Gasteiger partial charge in [-0.05, 0) is 51.5 Å². The third-order valence-electron chi connectivity index (χ3n) is 3.39. The standard InChI is InChI=1S/C15H24O2/c1-11(2)9-14(16)10-12(3)13-5-7-15(4,17)8-6-13/h5,7,9,12-13,17H,6,8,10H2,1-4H3/t12-,13+,15-/m0/s1. The fourth-order valence-corrected chi connectivity index (χ4v) is 2.29. The quantitative estimate of drug-likeness (QED) is 0.601. The van der Waals surface area contributed by atoms with Crippen LogP contribution in [0.25, 0.3) is 0 Å². The first-order valence-corrected chi connectivity index (χ1v) is 6.39. The highest BCUT2D eigenvalue weighted by Crippen LogP contribution is 2.31. The van der Waals surface area contributed by atoms with Crippen LogP contribution in [0.15, 0.2) is 23.8 Å². The lowest BCUT2D eigenvalue weighted by molar-refractivity contribution is -0.115. The minimum Gasteiger partial charge on any atom is -0.386 e. The number of hydrogen-bond acceptors (Lipinski definition) is 2. The summed E-state index contributed by atoms with van der Waals surface area (Å²) in [5, 5.41) is 9.81. The fourth-order valence-electron chi connectivity index (χ4n) is 2.29. The second kappa shape index (κ2) is 5.63. The second-order valence-corrected chi connectivity index (χ2v) is 5.79. The molecule has 0 saturated heterocycles. The summed E-state index contributed by atoms with van der Waals surface area (Å²) in [5.74, 6) is 0.985. The zero-order valence-corrected chi connectivity index (χ0v) is 11.4. The normalized spacial score (nSPS) is 29.8. The molecule has 0 aromatic heterocycles. The van der Waals surface area contributed by atoms with Crippen LogP contribution in [0.1, 0.15) is 47.0 Å². The van der Waals surface area contributed by atoms with Crippen LogP contribution in [-0.2, 0) is 4.79 Å². The predicted octanol–water partition coefficient (Wildman–Crippen LogP) is 3.27. The van der Waals surface area contributed by atoms with Gasteiger partial charge in [0.1, 0.15) is 0 Å². The van der Waals surface area contributed by atoms with Crippen molar-refractivity contribution in [1.29, 1.82) is 0 Å². The van der Waals surface area contributed by atoms with Crippen molar-refractivity contribution < 1.29 is 9.90 Å². The van der Waals surface area contributed by atoms with E-state index in [2.05, 4.69) is 13.0 Å². The zero-order valence-electron chi connectivity index (χ0n) is 11.4. The monoisotopic (exact) mass is 236 g/mol. The Bertz CT molecular complexity index is 333. The number of allylic oxidation sites excluding steroid dienone is 3. The maximum absolute atomic E-state index is 11.7. The van der Waals surface area contributed by atoms with E-state index in [1.54, 1.807) is 6.08 Å². The molecule has 0 unspecified atom stereocenters. The van der Waals surface area contributed by atoms with Gasteiger partial charge in [0.15, 0.2) is 5.78 Å². The molecule has 0 aromatic carbocycles. The minimum atomic E-state index is -0.653. The van der Waals surface area contributed by atoms with Crippen molar-refractivity contribution in [3.8, 4) is 0 Å². The molecule has 0 radical (unpaired) electrons. The highest BCUT2D eigenvalue weighted by molar-refractivity contribution is 5.90. The third-order valence-corrected chi connectivity index (χ3v) is 3.39. The van der Waals surface area contributed by atoms with E-state index in [1.165, 1.54) is 0 Å². The van der Waals surface area contributed by atoms with Crippen LogP contribution in [0.5, 0.6) is 0 Å². The Morgan fingerprint density at radius 2 is 2.24 bits per heavy atom. The summed E-state index contributed by atoms with van der Waals surface area (Å²) in [6.07, 6.45) is 8.02. The van der Waals surface area contributed by atoms with Crippen LogP contribution < -0.4 is 0 Å². The third kappa shape index (κ3) is 4.86. The van der Waals surface area contributed by atoms with Gasteiger partial charge < -0.3 is 5.11 Å². The largest absolute Gasteiger partial charge is 0.386 e. The smallest absolute Gasteiger partial charge is 0.155 e. The van der Waals surface area contributed by atoms with Gasteiger partial charge in [-0.15, -0.1) is 0 Å². The van der Waals surface area contributed by atoms with E-state index in [0.717, 1.165) is 18.4 Å². The molecule has 17 heavy (non-hydrogen) atoms. The van der Waals surface area contributed by atoms with Gasteiger partial charge in [-0.1, -0.05) is 24.6 Å². The van der Waals surface area contributed by atoms with Gasteiger partial charge in [-0.25, -0.2) is 0 Å². The summed E-state index contributed by atoms with van der Waals surface area (Å²) in [6, 6.07) is 0. The van der Waals surface area contributed by atoms with Crippen LogP contribution in [0.4, 0.5) is 0 Å². The molecule has 0 spiro atoms. The molecule has 96 valence electrons. The average Bonchev–Trinajstić information content (AvgIpc) is 2.15. The van der Waals surface area contributed by atoms with Crippen LogP contribution in [0, 0.1) is 11.8 Å². The second-order valence-electron chi connectivity index (χ2n) is 5.79. The van der Waals surface area contributed by atoms with Gasteiger partial charge in [0, 0.05) is 6.42 Å². The van der Waals surface area contributed by atoms with Crippen LogP contribution in [0.3, 0.4) is 0 Å². The molecule has 0 amide bonds. The molecular formula is C15H24O2. The molecule has 3 atom stereocenters. The van der Waals surface area contributed by atoms with Gasteiger partial charge in [0.25, 0.3) is 0 Å². The van der Waals surface area contributed by atoms with Crippen molar-refractivity contribution in [2.24, 2.45) is 11.8 Å². The van der Waals surface area contributed by atoms with Crippen LogP contribution in [0.2, 0.25) is 0 Å². The molecule has 0 heterocycles. The molecule has 2 heteroatoms. The van der Waals surface area contributed by atoms with Gasteiger partial charge in [0.05, 0.1) is 5.60 Å². The topological polar surface area (TPSA) is 37.3 Å². The molecule has 0 aliphatic heterocycles. The number of carbonyl (C=O) groups is 1. The van der Waals surface area contributed by atoms with Crippen LogP contribution >= 0.6 is 0 Å². The number of carbonyl (C=O) groups excluding carboxylic acids is 1. The molecule has 1 aliphatic rings. The highest BCUT2D eigenvalue weighted by Gasteiger charge is 2.26. The Morgan fingerprint density at radius 1 is 1.59 bits per heavy atom. The lowest BCUT2D eigenvalue weighted by Crippen LogP contribution is -2.28. The number of rotatable bonds is 4. The first-order valence-electron chi connectivity index (χ1n) is 6.39. The number of aliphatic hydroxyl groups is 1. The molecule has 2 nitrogen and oxygen atoms in total. The summed E-state index contributed by atoms with van der Waals surface area (Å²) in [6.45, 7) is 7.84. The Hall–Kier alpha value is -0.890. The average molecular weight is 236 g/mol. The minimum absolute atomic E-state index is 0.211. The van der Waals surface area contributed by atoms with E-state index in [0.29, 0.717) is 18.3 Å². The zero-order chi connectivity index (χ0) is 13.1. The van der Waals surface area contributed by atoms with Gasteiger partial charge >= 0.3 is 0 Å². The first kappa shape index (κ1) is 14.2. The summed E-state index contributed by atoms with van der Waals surface area (Å²) in [5.41, 5.74) is 0.407. The van der Waals surface area contributed by atoms with Crippen molar-refractivity contribution in [1.82, 2.24) is 0 Å². The summed E-state index contributed by atoms with van der Waals surface area (Å²) in [4.78, 5) is 11.7. The summed E-state index contributed by atoms with van der Waals surface area (Å²) < 4.78 is 0. The molecule has 1 aliphatic carbocycles. The maximum atomic E-state index is 11.7. The van der Waals surface area contributed by atoms with Gasteiger partial charge in [-0.2, -0.15) is 0 Å².